The Morgan fingerprint density at radius 2 is 1.67 bits per heavy atom. The highest BCUT2D eigenvalue weighted by molar-refractivity contribution is 5.82. The third-order valence-electron chi connectivity index (χ3n) is 3.43. The fraction of sp³-hybridized carbons (Fsp3) is 0.412. The summed E-state index contributed by atoms with van der Waals surface area (Å²) in [6.07, 6.45) is 3.32. The van der Waals surface area contributed by atoms with Crippen molar-refractivity contribution < 1.29 is 0 Å². The van der Waals surface area contributed by atoms with Gasteiger partial charge in [-0.1, -0.05) is 56.3 Å². The lowest BCUT2D eigenvalue weighted by Gasteiger charge is -2.13. The number of nitrogens with two attached hydrogens (primary N) is 1. The van der Waals surface area contributed by atoms with Crippen LogP contribution in [0.1, 0.15) is 32.3 Å². The van der Waals surface area contributed by atoms with Gasteiger partial charge in [-0.2, -0.15) is 0 Å². The molecule has 1 heteroatoms. The molecule has 0 bridgehead atoms. The van der Waals surface area contributed by atoms with E-state index in [9.17, 15) is 0 Å². The molecule has 0 aliphatic heterocycles. The molecule has 96 valence electrons. The minimum atomic E-state index is 0.286. The first kappa shape index (κ1) is 13.1. The molecule has 0 aliphatic carbocycles. The van der Waals surface area contributed by atoms with Crippen LogP contribution in [-0.2, 0) is 6.42 Å². The van der Waals surface area contributed by atoms with Gasteiger partial charge in [0.05, 0.1) is 0 Å². The highest BCUT2D eigenvalue weighted by Gasteiger charge is 2.06. The van der Waals surface area contributed by atoms with Crippen LogP contribution in [0.5, 0.6) is 0 Å². The van der Waals surface area contributed by atoms with Crippen LogP contribution in [0.25, 0.3) is 10.8 Å². The molecule has 1 atom stereocenters. The maximum Gasteiger partial charge on any atom is 0.00794 e. The maximum absolute atomic E-state index is 6.20. The van der Waals surface area contributed by atoms with Gasteiger partial charge in [-0.25, -0.2) is 0 Å². The SMILES string of the molecule is CC(C)CCC(N)Cc1ccc2ccccc2c1. The standard InChI is InChI=1S/C17H23N/c1-13(2)7-10-17(18)12-14-8-9-15-5-3-4-6-16(15)11-14/h3-6,8-9,11,13,17H,7,10,12,18H2,1-2H3. The molecule has 0 saturated heterocycles. The van der Waals surface area contributed by atoms with E-state index in [1.54, 1.807) is 0 Å². The van der Waals surface area contributed by atoms with Crippen LogP contribution in [0, 0.1) is 5.92 Å². The van der Waals surface area contributed by atoms with Gasteiger partial charge in [0, 0.05) is 6.04 Å². The van der Waals surface area contributed by atoms with Crippen molar-refractivity contribution in [2.75, 3.05) is 0 Å². The van der Waals surface area contributed by atoms with Gasteiger partial charge in [0.2, 0.25) is 0 Å². The number of benzene rings is 2. The monoisotopic (exact) mass is 241 g/mol. The number of hydrogen-bond donors (Lipinski definition) is 1. The molecule has 2 rings (SSSR count). The van der Waals surface area contributed by atoms with Crippen molar-refractivity contribution in [3.8, 4) is 0 Å². The molecule has 2 aromatic carbocycles. The predicted molar refractivity (Wildman–Crippen MR) is 79.7 cm³/mol. The van der Waals surface area contributed by atoms with Gasteiger partial charge in [0.15, 0.2) is 0 Å². The summed E-state index contributed by atoms with van der Waals surface area (Å²) in [6.45, 7) is 4.51. The van der Waals surface area contributed by atoms with Crippen LogP contribution in [0.4, 0.5) is 0 Å². The molecule has 2 aromatic rings. The van der Waals surface area contributed by atoms with Crippen LogP contribution < -0.4 is 5.73 Å². The van der Waals surface area contributed by atoms with Crippen molar-refractivity contribution in [3.63, 3.8) is 0 Å². The van der Waals surface area contributed by atoms with Crippen LogP contribution in [0.2, 0.25) is 0 Å². The van der Waals surface area contributed by atoms with Crippen LogP contribution in [-0.4, -0.2) is 6.04 Å². The minimum Gasteiger partial charge on any atom is -0.327 e. The Morgan fingerprint density at radius 1 is 0.944 bits per heavy atom. The first-order valence-corrected chi connectivity index (χ1v) is 6.88. The lowest BCUT2D eigenvalue weighted by Crippen LogP contribution is -2.23. The normalized spacial score (nSPS) is 13.1. The van der Waals surface area contributed by atoms with E-state index in [0.717, 1.165) is 18.8 Å². The summed E-state index contributed by atoms with van der Waals surface area (Å²) < 4.78 is 0. The average Bonchev–Trinajstić information content (AvgIpc) is 2.36. The van der Waals surface area contributed by atoms with Gasteiger partial charge in [-0.15, -0.1) is 0 Å². The van der Waals surface area contributed by atoms with Gasteiger partial charge >= 0.3 is 0 Å². The molecule has 0 aliphatic rings. The van der Waals surface area contributed by atoms with Crippen LogP contribution in [0.15, 0.2) is 42.5 Å². The van der Waals surface area contributed by atoms with Gasteiger partial charge in [0.25, 0.3) is 0 Å². The molecule has 0 amide bonds. The fourth-order valence-corrected chi connectivity index (χ4v) is 2.32. The zero-order valence-corrected chi connectivity index (χ0v) is 11.4. The van der Waals surface area contributed by atoms with Gasteiger partial charge in [-0.05, 0) is 41.5 Å². The minimum absolute atomic E-state index is 0.286. The largest absolute Gasteiger partial charge is 0.327 e. The highest BCUT2D eigenvalue weighted by atomic mass is 14.6. The summed E-state index contributed by atoms with van der Waals surface area (Å²) in [5.74, 6) is 0.743. The second-order valence-electron chi connectivity index (χ2n) is 5.62. The van der Waals surface area contributed by atoms with Crippen molar-refractivity contribution in [2.45, 2.75) is 39.2 Å². The van der Waals surface area contributed by atoms with Gasteiger partial charge in [-0.3, -0.25) is 0 Å². The lowest BCUT2D eigenvalue weighted by molar-refractivity contribution is 0.495. The van der Waals surface area contributed by atoms with Crippen LogP contribution >= 0.6 is 0 Å². The zero-order chi connectivity index (χ0) is 13.0. The van der Waals surface area contributed by atoms with Crippen molar-refractivity contribution >= 4 is 10.8 Å². The highest BCUT2D eigenvalue weighted by Crippen LogP contribution is 2.17. The van der Waals surface area contributed by atoms with Crippen molar-refractivity contribution in [1.82, 2.24) is 0 Å². The third kappa shape index (κ3) is 3.58. The summed E-state index contributed by atoms with van der Waals surface area (Å²) in [5.41, 5.74) is 7.55. The van der Waals surface area contributed by atoms with E-state index < -0.39 is 0 Å². The molecular formula is C17H23N. The molecule has 2 N–H and O–H groups in total. The Morgan fingerprint density at radius 3 is 2.39 bits per heavy atom. The molecule has 18 heavy (non-hydrogen) atoms. The first-order valence-electron chi connectivity index (χ1n) is 6.88. The lowest BCUT2D eigenvalue weighted by atomic mass is 9.97. The first-order chi connectivity index (χ1) is 8.65. The number of fused-ring (bicyclic) bond motifs is 1. The van der Waals surface area contributed by atoms with Crippen molar-refractivity contribution in [1.29, 1.82) is 0 Å². The van der Waals surface area contributed by atoms with Crippen molar-refractivity contribution in [2.24, 2.45) is 11.7 Å². The summed E-state index contributed by atoms with van der Waals surface area (Å²) in [7, 11) is 0. The van der Waals surface area contributed by atoms with E-state index in [0.29, 0.717) is 0 Å². The predicted octanol–water partition coefficient (Wildman–Crippen LogP) is 4.15. The Kier molecular flexibility index (Phi) is 4.38. The fourth-order valence-electron chi connectivity index (χ4n) is 2.32. The Hall–Kier alpha value is -1.34. The molecule has 0 radical (unpaired) electrons. The summed E-state index contributed by atoms with van der Waals surface area (Å²) >= 11 is 0. The van der Waals surface area contributed by atoms with E-state index in [1.807, 2.05) is 0 Å². The molecule has 1 nitrogen and oxygen atoms in total. The summed E-state index contributed by atoms with van der Waals surface area (Å²) in [6, 6.07) is 15.4. The summed E-state index contributed by atoms with van der Waals surface area (Å²) in [5, 5.41) is 2.61. The molecule has 0 fully saturated rings. The molecule has 0 spiro atoms. The van der Waals surface area contributed by atoms with Gasteiger partial charge < -0.3 is 5.73 Å². The van der Waals surface area contributed by atoms with Crippen molar-refractivity contribution in [3.05, 3.63) is 48.0 Å². The van der Waals surface area contributed by atoms with E-state index in [4.69, 9.17) is 5.73 Å². The number of hydrogen-bond acceptors (Lipinski definition) is 1. The Balaban J connectivity index is 2.03. The topological polar surface area (TPSA) is 26.0 Å². The maximum atomic E-state index is 6.20. The average molecular weight is 241 g/mol. The van der Waals surface area contributed by atoms with E-state index in [2.05, 4.69) is 56.3 Å². The van der Waals surface area contributed by atoms with Crippen LogP contribution in [0.3, 0.4) is 0 Å². The zero-order valence-electron chi connectivity index (χ0n) is 11.4. The van der Waals surface area contributed by atoms with E-state index >= 15 is 0 Å². The third-order valence-corrected chi connectivity index (χ3v) is 3.43. The van der Waals surface area contributed by atoms with Gasteiger partial charge in [0.1, 0.15) is 0 Å². The second-order valence-corrected chi connectivity index (χ2v) is 5.62. The molecule has 0 saturated carbocycles. The Bertz CT molecular complexity index is 502. The molecule has 1 unspecified atom stereocenters. The number of rotatable bonds is 5. The second kappa shape index (κ2) is 6.01. The molecule has 0 aromatic heterocycles. The van der Waals surface area contributed by atoms with E-state index in [1.165, 1.54) is 22.8 Å². The Labute approximate surface area is 110 Å². The molecular weight excluding hydrogens is 218 g/mol. The molecule has 0 heterocycles. The van der Waals surface area contributed by atoms with E-state index in [-0.39, 0.29) is 6.04 Å². The quantitative estimate of drug-likeness (QED) is 0.836. The smallest absolute Gasteiger partial charge is 0.00794 e. The summed E-state index contributed by atoms with van der Waals surface area (Å²) in [4.78, 5) is 0.